The molecular weight excluding hydrogens is 131 g/mol. The summed E-state index contributed by atoms with van der Waals surface area (Å²) in [6.07, 6.45) is -0.663. The van der Waals surface area contributed by atoms with Crippen LogP contribution in [0.3, 0.4) is 0 Å². The van der Waals surface area contributed by atoms with Crippen LogP contribution in [0.5, 0.6) is 0 Å². The van der Waals surface area contributed by atoms with Gasteiger partial charge in [-0.05, 0) is 6.42 Å². The Morgan fingerprint density at radius 3 is 2.75 bits per heavy atom. The quantitative estimate of drug-likeness (QED) is 0.363. The number of alkyl halides is 1. The molecular formula is C4H7ClO3. The fourth-order valence-electron chi connectivity index (χ4n) is 0.214. The van der Waals surface area contributed by atoms with Crippen molar-refractivity contribution in [1.29, 1.82) is 0 Å². The van der Waals surface area contributed by atoms with Crippen molar-refractivity contribution in [3.05, 3.63) is 0 Å². The minimum absolute atomic E-state index is 0.193. The summed E-state index contributed by atoms with van der Waals surface area (Å²) in [5.41, 5.74) is 0. The van der Waals surface area contributed by atoms with Gasteiger partial charge in [0.2, 0.25) is 0 Å². The average molecular weight is 139 g/mol. The maximum atomic E-state index is 9.61. The van der Waals surface area contributed by atoms with Crippen molar-refractivity contribution in [2.45, 2.75) is 6.42 Å². The van der Waals surface area contributed by atoms with E-state index in [-0.39, 0.29) is 6.61 Å². The number of hydrogen-bond donors (Lipinski definition) is 1. The van der Waals surface area contributed by atoms with Crippen LogP contribution in [0.2, 0.25) is 0 Å². The first kappa shape index (κ1) is 7.56. The second-order valence-electron chi connectivity index (χ2n) is 1.16. The van der Waals surface area contributed by atoms with Crippen LogP contribution < -0.4 is 0 Å². The number of hydrogen-bond acceptors (Lipinski definition) is 2. The topological polar surface area (TPSA) is 46.5 Å². The molecule has 0 bridgehead atoms. The second kappa shape index (κ2) is 4.71. The Hall–Kier alpha value is -0.440. The average Bonchev–Trinajstić information content (AvgIpc) is 1.66. The second-order valence-corrected chi connectivity index (χ2v) is 1.53. The third-order valence-electron chi connectivity index (χ3n) is 0.504. The van der Waals surface area contributed by atoms with E-state index in [9.17, 15) is 4.79 Å². The van der Waals surface area contributed by atoms with Crippen molar-refractivity contribution in [1.82, 2.24) is 0 Å². The molecule has 0 radical (unpaired) electrons. The van der Waals surface area contributed by atoms with Crippen molar-refractivity contribution in [3.8, 4) is 0 Å². The van der Waals surface area contributed by atoms with Gasteiger partial charge in [-0.15, -0.1) is 11.6 Å². The number of carboxylic acid groups (broad SMARTS) is 1. The first-order valence-corrected chi connectivity index (χ1v) is 2.72. The molecule has 0 fully saturated rings. The van der Waals surface area contributed by atoms with Gasteiger partial charge in [0.25, 0.3) is 0 Å². The molecule has 0 aromatic rings. The van der Waals surface area contributed by atoms with Crippen molar-refractivity contribution >= 4 is 17.8 Å². The highest BCUT2D eigenvalue weighted by Gasteiger charge is 1.92. The predicted octanol–water partition coefficient (Wildman–Crippen LogP) is 1.31. The van der Waals surface area contributed by atoms with Gasteiger partial charge in [-0.1, -0.05) is 0 Å². The van der Waals surface area contributed by atoms with Crippen molar-refractivity contribution < 1.29 is 14.6 Å². The highest BCUT2D eigenvalue weighted by atomic mass is 35.5. The van der Waals surface area contributed by atoms with Crippen LogP contribution in [0, 0.1) is 0 Å². The van der Waals surface area contributed by atoms with Gasteiger partial charge in [0, 0.05) is 5.88 Å². The zero-order valence-corrected chi connectivity index (χ0v) is 5.02. The molecule has 0 saturated carbocycles. The van der Waals surface area contributed by atoms with Gasteiger partial charge in [0.15, 0.2) is 0 Å². The molecule has 0 unspecified atom stereocenters. The minimum Gasteiger partial charge on any atom is -0.450 e. The van der Waals surface area contributed by atoms with Gasteiger partial charge in [0.05, 0.1) is 6.61 Å². The Morgan fingerprint density at radius 2 is 2.38 bits per heavy atom. The molecule has 8 heavy (non-hydrogen) atoms. The SMILES string of the molecule is O=C(O)OCCCCl. The number of rotatable bonds is 3. The van der Waals surface area contributed by atoms with Crippen LogP contribution in [0.4, 0.5) is 4.79 Å². The molecule has 0 atom stereocenters. The summed E-state index contributed by atoms with van der Waals surface area (Å²) in [5, 5.41) is 7.87. The molecule has 0 aromatic heterocycles. The molecule has 0 aliphatic heterocycles. The lowest BCUT2D eigenvalue weighted by Gasteiger charge is -1.93. The van der Waals surface area contributed by atoms with Crippen LogP contribution in [0.1, 0.15) is 6.42 Å². The summed E-state index contributed by atoms with van der Waals surface area (Å²) in [5.74, 6) is 0.438. The Kier molecular flexibility index (Phi) is 4.45. The summed E-state index contributed by atoms with van der Waals surface area (Å²) in [6.45, 7) is 0.193. The van der Waals surface area contributed by atoms with Gasteiger partial charge in [-0.2, -0.15) is 0 Å². The molecule has 1 N–H and O–H groups in total. The molecule has 0 aliphatic carbocycles. The van der Waals surface area contributed by atoms with Gasteiger partial charge in [-0.3, -0.25) is 0 Å². The van der Waals surface area contributed by atoms with Gasteiger partial charge >= 0.3 is 6.16 Å². The van der Waals surface area contributed by atoms with E-state index in [1.54, 1.807) is 0 Å². The monoisotopic (exact) mass is 138 g/mol. The lowest BCUT2D eigenvalue weighted by Crippen LogP contribution is -2.01. The molecule has 0 heterocycles. The molecule has 0 spiro atoms. The highest BCUT2D eigenvalue weighted by Crippen LogP contribution is 1.85. The molecule has 0 rings (SSSR count). The zero-order valence-electron chi connectivity index (χ0n) is 4.26. The summed E-state index contributed by atoms with van der Waals surface area (Å²) < 4.78 is 4.11. The predicted molar refractivity (Wildman–Crippen MR) is 29.3 cm³/mol. The fourth-order valence-corrected chi connectivity index (χ4v) is 0.323. The molecule has 4 heteroatoms. The molecule has 0 saturated heterocycles. The summed E-state index contributed by atoms with van der Waals surface area (Å²) >= 11 is 5.21. The lowest BCUT2D eigenvalue weighted by atomic mass is 10.5. The number of halogens is 1. The number of carbonyl (C=O) groups is 1. The van der Waals surface area contributed by atoms with E-state index in [0.717, 1.165) is 0 Å². The smallest absolute Gasteiger partial charge is 0.450 e. The maximum Gasteiger partial charge on any atom is 0.505 e. The van der Waals surface area contributed by atoms with Crippen LogP contribution in [-0.2, 0) is 4.74 Å². The first-order chi connectivity index (χ1) is 3.77. The van der Waals surface area contributed by atoms with E-state index < -0.39 is 6.16 Å². The van der Waals surface area contributed by atoms with Gasteiger partial charge in [-0.25, -0.2) is 4.79 Å². The normalized spacial score (nSPS) is 8.62. The van der Waals surface area contributed by atoms with Gasteiger partial charge in [0.1, 0.15) is 0 Å². The first-order valence-electron chi connectivity index (χ1n) is 2.19. The molecule has 48 valence electrons. The maximum absolute atomic E-state index is 9.61. The van der Waals surface area contributed by atoms with Crippen LogP contribution in [0.25, 0.3) is 0 Å². The largest absolute Gasteiger partial charge is 0.505 e. The Morgan fingerprint density at radius 1 is 1.75 bits per heavy atom. The van der Waals surface area contributed by atoms with Crippen LogP contribution in [-0.4, -0.2) is 23.7 Å². The van der Waals surface area contributed by atoms with Crippen LogP contribution in [0.15, 0.2) is 0 Å². The third kappa shape index (κ3) is 5.56. The molecule has 0 amide bonds. The van der Waals surface area contributed by atoms with E-state index in [4.69, 9.17) is 16.7 Å². The van der Waals surface area contributed by atoms with Crippen molar-refractivity contribution in [2.24, 2.45) is 0 Å². The third-order valence-corrected chi connectivity index (χ3v) is 0.771. The Bertz CT molecular complexity index is 73.7. The summed E-state index contributed by atoms with van der Waals surface area (Å²) in [7, 11) is 0. The van der Waals surface area contributed by atoms with E-state index in [2.05, 4.69) is 4.74 Å². The number of ether oxygens (including phenoxy) is 1. The highest BCUT2D eigenvalue weighted by molar-refractivity contribution is 6.17. The van der Waals surface area contributed by atoms with E-state index >= 15 is 0 Å². The van der Waals surface area contributed by atoms with Crippen LogP contribution >= 0.6 is 11.6 Å². The summed E-state index contributed by atoms with van der Waals surface area (Å²) in [6, 6.07) is 0. The molecule has 0 aromatic carbocycles. The van der Waals surface area contributed by atoms with E-state index in [1.165, 1.54) is 0 Å². The molecule has 3 nitrogen and oxygen atoms in total. The van der Waals surface area contributed by atoms with Gasteiger partial charge < -0.3 is 9.84 Å². The Balaban J connectivity index is 2.82. The van der Waals surface area contributed by atoms with Crippen molar-refractivity contribution in [3.63, 3.8) is 0 Å². The molecule has 0 aliphatic rings. The van der Waals surface area contributed by atoms with E-state index in [0.29, 0.717) is 12.3 Å². The van der Waals surface area contributed by atoms with Crippen molar-refractivity contribution in [2.75, 3.05) is 12.5 Å². The minimum atomic E-state index is -1.24. The fraction of sp³-hybridized carbons (Fsp3) is 0.750. The summed E-state index contributed by atoms with van der Waals surface area (Å²) in [4.78, 5) is 9.61. The Labute approximate surface area is 52.2 Å². The zero-order chi connectivity index (χ0) is 6.41. The lowest BCUT2D eigenvalue weighted by molar-refractivity contribution is 0.0920. The van der Waals surface area contributed by atoms with E-state index in [1.807, 2.05) is 0 Å². The standard InChI is InChI=1S/C4H7ClO3/c5-2-1-3-8-4(6)7/h1-3H2,(H,6,7).